The molecule has 108 valence electrons. The Morgan fingerprint density at radius 1 is 1.40 bits per heavy atom. The van der Waals surface area contributed by atoms with E-state index >= 15 is 0 Å². The molecule has 0 radical (unpaired) electrons. The molecule has 0 amide bonds. The number of pyridine rings is 1. The van der Waals surface area contributed by atoms with Gasteiger partial charge in [-0.15, -0.1) is 0 Å². The molecule has 2 aromatic rings. The van der Waals surface area contributed by atoms with Crippen molar-refractivity contribution in [3.8, 4) is 0 Å². The van der Waals surface area contributed by atoms with Gasteiger partial charge in [-0.05, 0) is 38.1 Å². The minimum Gasteiger partial charge on any atom is -0.313 e. The highest BCUT2D eigenvalue weighted by atomic mass is 19.1. The number of likely N-dealkylation sites (N-methyl/N-ethyl adjacent to an activating group) is 1. The molecule has 0 aliphatic heterocycles. The average Bonchev–Trinajstić information content (AvgIpc) is 2.92. The maximum Gasteiger partial charge on any atom is 0.141 e. The Balaban J connectivity index is 2.12. The minimum atomic E-state index is -0.312. The summed E-state index contributed by atoms with van der Waals surface area (Å²) in [5.41, 5.74) is 1.83. The predicted molar refractivity (Wildman–Crippen MR) is 76.9 cm³/mol. The Morgan fingerprint density at radius 2 is 2.20 bits per heavy atom. The van der Waals surface area contributed by atoms with Gasteiger partial charge >= 0.3 is 0 Å². The lowest BCUT2D eigenvalue weighted by Crippen LogP contribution is -2.19. The van der Waals surface area contributed by atoms with E-state index < -0.39 is 0 Å². The van der Waals surface area contributed by atoms with E-state index in [4.69, 9.17) is 0 Å². The Labute approximate surface area is 119 Å². The van der Waals surface area contributed by atoms with Crippen LogP contribution < -0.4 is 5.32 Å². The second-order valence-electron chi connectivity index (χ2n) is 5.03. The monoisotopic (exact) mass is 276 g/mol. The number of hydrogen-bond acceptors (Lipinski definition) is 3. The summed E-state index contributed by atoms with van der Waals surface area (Å²) < 4.78 is 15.2. The SMILES string of the molecule is CCC(C)n1ccc(CC(NC)c2cncc(F)c2)n1. The van der Waals surface area contributed by atoms with E-state index in [0.717, 1.165) is 17.7 Å². The van der Waals surface area contributed by atoms with Crippen molar-refractivity contribution in [1.29, 1.82) is 0 Å². The van der Waals surface area contributed by atoms with Crippen LogP contribution in [0.3, 0.4) is 0 Å². The van der Waals surface area contributed by atoms with Crippen LogP contribution in [0.2, 0.25) is 0 Å². The van der Waals surface area contributed by atoms with Crippen LogP contribution in [0.15, 0.2) is 30.7 Å². The zero-order valence-corrected chi connectivity index (χ0v) is 12.2. The van der Waals surface area contributed by atoms with Crippen molar-refractivity contribution >= 4 is 0 Å². The lowest BCUT2D eigenvalue weighted by Gasteiger charge is -2.15. The molecule has 2 atom stereocenters. The maximum atomic E-state index is 13.2. The van der Waals surface area contributed by atoms with E-state index in [1.54, 1.807) is 6.20 Å². The highest BCUT2D eigenvalue weighted by molar-refractivity contribution is 5.17. The van der Waals surface area contributed by atoms with E-state index in [2.05, 4.69) is 29.2 Å². The first-order valence-corrected chi connectivity index (χ1v) is 6.95. The highest BCUT2D eigenvalue weighted by Crippen LogP contribution is 2.18. The van der Waals surface area contributed by atoms with E-state index in [9.17, 15) is 4.39 Å². The van der Waals surface area contributed by atoms with Crippen molar-refractivity contribution in [2.75, 3.05) is 7.05 Å². The summed E-state index contributed by atoms with van der Waals surface area (Å²) in [6.07, 6.45) is 6.67. The van der Waals surface area contributed by atoms with Crippen LogP contribution in [0, 0.1) is 5.82 Å². The van der Waals surface area contributed by atoms with E-state index in [1.165, 1.54) is 12.3 Å². The topological polar surface area (TPSA) is 42.7 Å². The largest absolute Gasteiger partial charge is 0.313 e. The lowest BCUT2D eigenvalue weighted by atomic mass is 10.0. The molecule has 0 aliphatic carbocycles. The molecule has 0 fully saturated rings. The molecule has 0 aliphatic rings. The van der Waals surface area contributed by atoms with E-state index in [0.29, 0.717) is 12.5 Å². The zero-order valence-electron chi connectivity index (χ0n) is 12.2. The van der Waals surface area contributed by atoms with E-state index in [1.807, 2.05) is 24.0 Å². The number of aromatic nitrogens is 3. The molecule has 20 heavy (non-hydrogen) atoms. The standard InChI is InChI=1S/C15H21FN4/c1-4-11(2)20-6-5-14(19-20)8-15(17-3)12-7-13(16)10-18-9-12/h5-7,9-11,15,17H,4,8H2,1-3H3. The van der Waals surface area contributed by atoms with Crippen molar-refractivity contribution < 1.29 is 4.39 Å². The first-order chi connectivity index (χ1) is 9.63. The fourth-order valence-electron chi connectivity index (χ4n) is 2.13. The van der Waals surface area contributed by atoms with Crippen molar-refractivity contribution in [2.45, 2.75) is 38.8 Å². The van der Waals surface area contributed by atoms with Crippen LogP contribution >= 0.6 is 0 Å². The molecule has 0 aromatic carbocycles. The van der Waals surface area contributed by atoms with Gasteiger partial charge in [0.2, 0.25) is 0 Å². The third-order valence-corrected chi connectivity index (χ3v) is 3.60. The molecule has 2 unspecified atom stereocenters. The summed E-state index contributed by atoms with van der Waals surface area (Å²) in [4.78, 5) is 3.90. The van der Waals surface area contributed by atoms with Crippen molar-refractivity contribution in [3.63, 3.8) is 0 Å². The summed E-state index contributed by atoms with van der Waals surface area (Å²) in [6.45, 7) is 4.28. The molecule has 4 nitrogen and oxygen atoms in total. The Hall–Kier alpha value is -1.75. The number of rotatable bonds is 6. The third kappa shape index (κ3) is 3.42. The number of halogens is 1. The Kier molecular flexibility index (Phi) is 4.84. The fraction of sp³-hybridized carbons (Fsp3) is 0.467. The number of nitrogens with one attached hydrogen (secondary N) is 1. The fourth-order valence-corrected chi connectivity index (χ4v) is 2.13. The second-order valence-corrected chi connectivity index (χ2v) is 5.03. The molecule has 0 spiro atoms. The zero-order chi connectivity index (χ0) is 14.5. The summed E-state index contributed by atoms with van der Waals surface area (Å²) in [5.74, 6) is -0.312. The molecule has 2 rings (SSSR count). The molecular formula is C15H21FN4. The first kappa shape index (κ1) is 14.7. The van der Waals surface area contributed by atoms with Gasteiger partial charge in [-0.2, -0.15) is 5.10 Å². The van der Waals surface area contributed by atoms with Crippen LogP contribution in [-0.4, -0.2) is 21.8 Å². The van der Waals surface area contributed by atoms with Gasteiger partial charge in [0, 0.05) is 30.9 Å². The summed E-state index contributed by atoms with van der Waals surface area (Å²) in [7, 11) is 1.86. The molecule has 2 aromatic heterocycles. The van der Waals surface area contributed by atoms with Gasteiger partial charge in [-0.3, -0.25) is 9.67 Å². The van der Waals surface area contributed by atoms with Gasteiger partial charge in [0.15, 0.2) is 0 Å². The van der Waals surface area contributed by atoms with Crippen LogP contribution in [0.1, 0.15) is 43.6 Å². The van der Waals surface area contributed by atoms with Crippen LogP contribution in [0.4, 0.5) is 4.39 Å². The lowest BCUT2D eigenvalue weighted by molar-refractivity contribution is 0.469. The Morgan fingerprint density at radius 3 is 2.85 bits per heavy atom. The van der Waals surface area contributed by atoms with Crippen LogP contribution in [0.25, 0.3) is 0 Å². The Bertz CT molecular complexity index is 552. The van der Waals surface area contributed by atoms with Crippen molar-refractivity contribution in [2.24, 2.45) is 0 Å². The second kappa shape index (κ2) is 6.61. The van der Waals surface area contributed by atoms with Crippen LogP contribution in [-0.2, 0) is 6.42 Å². The molecule has 1 N–H and O–H groups in total. The molecular weight excluding hydrogens is 255 g/mol. The smallest absolute Gasteiger partial charge is 0.141 e. The van der Waals surface area contributed by atoms with Gasteiger partial charge in [0.25, 0.3) is 0 Å². The highest BCUT2D eigenvalue weighted by Gasteiger charge is 2.14. The normalized spacial score (nSPS) is 14.2. The molecule has 0 bridgehead atoms. The molecule has 2 heterocycles. The third-order valence-electron chi connectivity index (χ3n) is 3.60. The first-order valence-electron chi connectivity index (χ1n) is 6.95. The van der Waals surface area contributed by atoms with Gasteiger partial charge in [-0.1, -0.05) is 6.92 Å². The minimum absolute atomic E-state index is 0.0125. The number of nitrogens with zero attached hydrogens (tertiary/aromatic N) is 3. The van der Waals surface area contributed by atoms with E-state index in [-0.39, 0.29) is 11.9 Å². The van der Waals surface area contributed by atoms with Crippen molar-refractivity contribution in [1.82, 2.24) is 20.1 Å². The average molecular weight is 276 g/mol. The van der Waals surface area contributed by atoms with Gasteiger partial charge in [0.05, 0.1) is 11.9 Å². The molecule has 0 saturated carbocycles. The number of hydrogen-bond donors (Lipinski definition) is 1. The predicted octanol–water partition coefficient (Wildman–Crippen LogP) is 2.89. The molecule has 5 heteroatoms. The maximum absolute atomic E-state index is 13.2. The molecule has 0 saturated heterocycles. The quantitative estimate of drug-likeness (QED) is 0.882. The van der Waals surface area contributed by atoms with Crippen molar-refractivity contribution in [3.05, 3.63) is 47.8 Å². The van der Waals surface area contributed by atoms with Gasteiger partial charge < -0.3 is 5.32 Å². The van der Waals surface area contributed by atoms with Gasteiger partial charge in [0.1, 0.15) is 5.82 Å². The summed E-state index contributed by atoms with van der Waals surface area (Å²) in [6, 6.07) is 3.94. The summed E-state index contributed by atoms with van der Waals surface area (Å²) in [5, 5.41) is 7.77. The van der Waals surface area contributed by atoms with Crippen LogP contribution in [0.5, 0.6) is 0 Å². The van der Waals surface area contributed by atoms with Gasteiger partial charge in [-0.25, -0.2) is 4.39 Å². The summed E-state index contributed by atoms with van der Waals surface area (Å²) >= 11 is 0.